The van der Waals surface area contributed by atoms with Crippen LogP contribution < -0.4 is 0 Å². The molecule has 1 aromatic rings. The summed E-state index contributed by atoms with van der Waals surface area (Å²) < 4.78 is 65.3. The first-order chi connectivity index (χ1) is 10.8. The quantitative estimate of drug-likeness (QED) is 0.753. The number of alkyl halides is 3. The number of likely N-dealkylation sites (tertiary alicyclic amines) is 1. The molecule has 3 rings (SSSR count). The minimum absolute atomic E-state index is 0.0277. The fourth-order valence-corrected chi connectivity index (χ4v) is 3.29. The number of nitrogens with zero attached hydrogens (tertiary/aromatic N) is 1. The standard InChI is InChI=1S/C16H16F5NO/c17-10-3-4-14(18)12(6-10)11-7-13(11)15(23)22-5-1-2-9(8-22)16(19,20)21/h3-4,6,9,11,13H,1-2,5,7-8H2/t9-,11-,13-/m1/s1. The third-order valence-electron chi connectivity index (χ3n) is 4.66. The molecule has 1 amide bonds. The normalized spacial score (nSPS) is 27.9. The third kappa shape index (κ3) is 3.33. The molecule has 126 valence electrons. The van der Waals surface area contributed by atoms with Crippen LogP contribution in [0.4, 0.5) is 22.0 Å². The van der Waals surface area contributed by atoms with Crippen molar-refractivity contribution in [2.24, 2.45) is 11.8 Å². The van der Waals surface area contributed by atoms with E-state index in [9.17, 15) is 26.7 Å². The van der Waals surface area contributed by atoms with E-state index in [2.05, 4.69) is 0 Å². The number of rotatable bonds is 2. The molecule has 2 nitrogen and oxygen atoms in total. The van der Waals surface area contributed by atoms with Gasteiger partial charge in [-0.3, -0.25) is 4.79 Å². The monoisotopic (exact) mass is 333 g/mol. The zero-order chi connectivity index (χ0) is 16.8. The number of amides is 1. The fraction of sp³-hybridized carbons (Fsp3) is 0.562. The summed E-state index contributed by atoms with van der Waals surface area (Å²) in [5.41, 5.74) is 0.132. The summed E-state index contributed by atoms with van der Waals surface area (Å²) >= 11 is 0. The van der Waals surface area contributed by atoms with Crippen LogP contribution in [0.2, 0.25) is 0 Å². The van der Waals surface area contributed by atoms with Gasteiger partial charge in [0.1, 0.15) is 11.6 Å². The average molecular weight is 333 g/mol. The van der Waals surface area contributed by atoms with Gasteiger partial charge in [-0.1, -0.05) is 0 Å². The molecule has 3 atom stereocenters. The van der Waals surface area contributed by atoms with Crippen molar-refractivity contribution < 1.29 is 26.7 Å². The Kier molecular flexibility index (Phi) is 4.06. The number of carbonyl (C=O) groups is 1. The molecule has 0 N–H and O–H groups in total. The molecule has 0 aromatic heterocycles. The van der Waals surface area contributed by atoms with Crippen molar-refractivity contribution in [3.63, 3.8) is 0 Å². The molecule has 1 saturated carbocycles. The number of halogens is 5. The van der Waals surface area contributed by atoms with Crippen LogP contribution in [0.3, 0.4) is 0 Å². The van der Waals surface area contributed by atoms with Gasteiger partial charge in [0.2, 0.25) is 5.91 Å². The molecule has 2 aliphatic rings. The summed E-state index contributed by atoms with van der Waals surface area (Å²) in [6.07, 6.45) is -3.62. The summed E-state index contributed by atoms with van der Waals surface area (Å²) in [5, 5.41) is 0. The van der Waals surface area contributed by atoms with Gasteiger partial charge in [0, 0.05) is 19.0 Å². The SMILES string of the molecule is O=C([C@@H]1C[C@@H]1c1cc(F)ccc1F)N1CCC[C@@H](C(F)(F)F)C1. The Labute approximate surface area is 130 Å². The number of hydrogen-bond donors (Lipinski definition) is 0. The van der Waals surface area contributed by atoms with E-state index in [1.807, 2.05) is 0 Å². The maximum Gasteiger partial charge on any atom is 0.393 e. The van der Waals surface area contributed by atoms with Gasteiger partial charge in [-0.15, -0.1) is 0 Å². The van der Waals surface area contributed by atoms with Crippen molar-refractivity contribution in [3.05, 3.63) is 35.4 Å². The molecular formula is C16H16F5NO. The van der Waals surface area contributed by atoms with Gasteiger partial charge in [-0.2, -0.15) is 13.2 Å². The van der Waals surface area contributed by atoms with Crippen LogP contribution in [0.15, 0.2) is 18.2 Å². The van der Waals surface area contributed by atoms with Crippen LogP contribution in [0, 0.1) is 23.5 Å². The molecule has 1 heterocycles. The molecule has 1 aliphatic carbocycles. The van der Waals surface area contributed by atoms with E-state index in [1.165, 1.54) is 4.90 Å². The Bertz CT molecular complexity index is 615. The van der Waals surface area contributed by atoms with Gasteiger partial charge in [-0.25, -0.2) is 8.78 Å². The highest BCUT2D eigenvalue weighted by Crippen LogP contribution is 2.50. The summed E-state index contributed by atoms with van der Waals surface area (Å²) in [6, 6.07) is 3.06. The topological polar surface area (TPSA) is 20.3 Å². The van der Waals surface area contributed by atoms with Gasteiger partial charge in [0.15, 0.2) is 0 Å². The average Bonchev–Trinajstić information content (AvgIpc) is 3.28. The van der Waals surface area contributed by atoms with Crippen molar-refractivity contribution >= 4 is 5.91 Å². The maximum atomic E-state index is 13.7. The van der Waals surface area contributed by atoms with Crippen molar-refractivity contribution in [1.82, 2.24) is 4.90 Å². The molecule has 2 fully saturated rings. The van der Waals surface area contributed by atoms with Crippen LogP contribution in [-0.2, 0) is 4.79 Å². The maximum absolute atomic E-state index is 13.7. The Morgan fingerprint density at radius 3 is 2.65 bits per heavy atom. The zero-order valence-electron chi connectivity index (χ0n) is 12.2. The van der Waals surface area contributed by atoms with Crippen molar-refractivity contribution in [2.75, 3.05) is 13.1 Å². The lowest BCUT2D eigenvalue weighted by Crippen LogP contribution is -2.45. The highest BCUT2D eigenvalue weighted by atomic mass is 19.4. The Morgan fingerprint density at radius 1 is 1.22 bits per heavy atom. The lowest BCUT2D eigenvalue weighted by molar-refractivity contribution is -0.188. The summed E-state index contributed by atoms with van der Waals surface area (Å²) in [6.45, 7) is -0.0442. The summed E-state index contributed by atoms with van der Waals surface area (Å²) in [7, 11) is 0. The number of piperidine rings is 1. The molecular weight excluding hydrogens is 317 g/mol. The predicted octanol–water partition coefficient (Wildman–Crippen LogP) is 3.87. The van der Waals surface area contributed by atoms with E-state index < -0.39 is 35.6 Å². The minimum Gasteiger partial charge on any atom is -0.342 e. The van der Waals surface area contributed by atoms with E-state index in [1.54, 1.807) is 0 Å². The second kappa shape index (κ2) is 5.76. The van der Waals surface area contributed by atoms with Gasteiger partial charge in [0.25, 0.3) is 0 Å². The second-order valence-corrected chi connectivity index (χ2v) is 6.28. The molecule has 7 heteroatoms. The molecule has 23 heavy (non-hydrogen) atoms. The molecule has 1 aliphatic heterocycles. The molecule has 0 radical (unpaired) electrons. The largest absolute Gasteiger partial charge is 0.393 e. The Balaban J connectivity index is 1.67. The van der Waals surface area contributed by atoms with E-state index in [0.29, 0.717) is 19.4 Å². The van der Waals surface area contributed by atoms with Gasteiger partial charge in [0.05, 0.1) is 5.92 Å². The predicted molar refractivity (Wildman–Crippen MR) is 72.6 cm³/mol. The van der Waals surface area contributed by atoms with Gasteiger partial charge in [-0.05, 0) is 48.9 Å². The highest BCUT2D eigenvalue weighted by Gasteiger charge is 2.49. The van der Waals surface area contributed by atoms with E-state index in [4.69, 9.17) is 0 Å². The first-order valence-corrected chi connectivity index (χ1v) is 7.58. The van der Waals surface area contributed by atoms with E-state index in [-0.39, 0.29) is 24.4 Å². The Hall–Kier alpha value is -1.66. The van der Waals surface area contributed by atoms with Crippen molar-refractivity contribution in [2.45, 2.75) is 31.4 Å². The number of carbonyl (C=O) groups excluding carboxylic acids is 1. The highest BCUT2D eigenvalue weighted by molar-refractivity contribution is 5.83. The van der Waals surface area contributed by atoms with Crippen LogP contribution in [0.5, 0.6) is 0 Å². The third-order valence-corrected chi connectivity index (χ3v) is 4.66. The van der Waals surface area contributed by atoms with Crippen LogP contribution >= 0.6 is 0 Å². The van der Waals surface area contributed by atoms with Crippen molar-refractivity contribution in [3.8, 4) is 0 Å². The Morgan fingerprint density at radius 2 is 1.96 bits per heavy atom. The molecule has 1 aromatic carbocycles. The molecule has 1 saturated heterocycles. The fourth-order valence-electron chi connectivity index (χ4n) is 3.29. The molecule has 0 bridgehead atoms. The second-order valence-electron chi connectivity index (χ2n) is 6.28. The first kappa shape index (κ1) is 16.2. The summed E-state index contributed by atoms with van der Waals surface area (Å²) in [4.78, 5) is 13.6. The van der Waals surface area contributed by atoms with E-state index >= 15 is 0 Å². The van der Waals surface area contributed by atoms with Gasteiger partial charge >= 0.3 is 6.18 Å². The first-order valence-electron chi connectivity index (χ1n) is 7.58. The van der Waals surface area contributed by atoms with Crippen molar-refractivity contribution in [1.29, 1.82) is 0 Å². The van der Waals surface area contributed by atoms with Crippen LogP contribution in [0.25, 0.3) is 0 Å². The van der Waals surface area contributed by atoms with Crippen LogP contribution in [-0.4, -0.2) is 30.1 Å². The number of benzene rings is 1. The van der Waals surface area contributed by atoms with Crippen LogP contribution in [0.1, 0.15) is 30.7 Å². The molecule has 0 spiro atoms. The zero-order valence-corrected chi connectivity index (χ0v) is 12.2. The lowest BCUT2D eigenvalue weighted by atomic mass is 9.97. The smallest absolute Gasteiger partial charge is 0.342 e. The lowest BCUT2D eigenvalue weighted by Gasteiger charge is -2.34. The minimum atomic E-state index is -4.31. The number of hydrogen-bond acceptors (Lipinski definition) is 1. The summed E-state index contributed by atoms with van der Waals surface area (Å²) in [5.74, 6) is -4.04. The van der Waals surface area contributed by atoms with E-state index in [0.717, 1.165) is 18.2 Å². The molecule has 0 unspecified atom stereocenters. The van der Waals surface area contributed by atoms with Gasteiger partial charge < -0.3 is 4.90 Å².